The van der Waals surface area contributed by atoms with Gasteiger partial charge in [-0.3, -0.25) is 4.79 Å². The summed E-state index contributed by atoms with van der Waals surface area (Å²) in [7, 11) is 0. The number of aliphatic hydroxyl groups excluding tert-OH is 1. The van der Waals surface area contributed by atoms with E-state index < -0.39 is 0 Å². The van der Waals surface area contributed by atoms with Crippen molar-refractivity contribution >= 4 is 5.97 Å². The van der Waals surface area contributed by atoms with E-state index in [4.69, 9.17) is 5.84 Å². The van der Waals surface area contributed by atoms with Gasteiger partial charge < -0.3 is 14.8 Å². The van der Waals surface area contributed by atoms with Gasteiger partial charge in [-0.05, 0) is 6.42 Å². The van der Waals surface area contributed by atoms with Crippen molar-refractivity contribution in [3.8, 4) is 0 Å². The fourth-order valence-corrected chi connectivity index (χ4v) is 1.38. The highest BCUT2D eigenvalue weighted by Gasteiger charge is 2.20. The average molecular weight is 189 g/mol. The number of carbonyl (C=O) groups excluding carboxylic acids is 1. The number of rotatable bonds is 4. The van der Waals surface area contributed by atoms with Gasteiger partial charge in [0, 0.05) is 19.6 Å². The lowest BCUT2D eigenvalue weighted by Crippen LogP contribution is -2.30. The molecule has 1 atom stereocenters. The fraction of sp³-hybridized carbons (Fsp3) is 0.857. The second-order valence-electron chi connectivity index (χ2n) is 3.09. The molecule has 76 valence electrons. The molecule has 0 amide bonds. The van der Waals surface area contributed by atoms with Crippen LogP contribution in [0, 0.1) is 0 Å². The Balaban J connectivity index is 2.09. The number of carbonyl (C=O) groups is 1. The molecular weight excluding hydrogens is 174 g/mol. The molecule has 4 N–H and O–H groups in total. The molecule has 0 aromatic carbocycles. The summed E-state index contributed by atoms with van der Waals surface area (Å²) in [6, 6.07) is 0. The van der Waals surface area contributed by atoms with Crippen LogP contribution in [0.5, 0.6) is 0 Å². The molecule has 0 aromatic rings. The molecule has 1 aliphatic heterocycles. The molecule has 1 aliphatic rings. The van der Waals surface area contributed by atoms with E-state index in [-0.39, 0.29) is 18.5 Å². The van der Waals surface area contributed by atoms with E-state index in [9.17, 15) is 9.90 Å². The van der Waals surface area contributed by atoms with Gasteiger partial charge in [-0.25, -0.2) is 5.84 Å². The molecule has 0 saturated carbocycles. The van der Waals surface area contributed by atoms with Gasteiger partial charge in [0.15, 0.2) is 0 Å². The van der Waals surface area contributed by atoms with Crippen molar-refractivity contribution in [3.63, 3.8) is 0 Å². The number of nitrogens with zero attached hydrogens (tertiary/aromatic N) is 1. The smallest absolute Gasteiger partial charge is 0.327 e. The molecular formula is C7H15N3O3. The Morgan fingerprint density at radius 3 is 3.08 bits per heavy atom. The lowest BCUT2D eigenvalue weighted by Gasteiger charge is -2.13. The van der Waals surface area contributed by atoms with Crippen LogP contribution in [0.4, 0.5) is 0 Å². The van der Waals surface area contributed by atoms with Crippen molar-refractivity contribution in [3.05, 3.63) is 0 Å². The van der Waals surface area contributed by atoms with Crippen molar-refractivity contribution < 1.29 is 14.7 Å². The van der Waals surface area contributed by atoms with Gasteiger partial charge in [-0.2, -0.15) is 0 Å². The number of likely N-dealkylation sites (tertiary alicyclic amines) is 1. The third kappa shape index (κ3) is 3.69. The first-order valence-electron chi connectivity index (χ1n) is 4.28. The van der Waals surface area contributed by atoms with Crippen LogP contribution in [0.15, 0.2) is 0 Å². The van der Waals surface area contributed by atoms with Gasteiger partial charge in [0.05, 0.1) is 12.5 Å². The van der Waals surface area contributed by atoms with Crippen molar-refractivity contribution in [2.45, 2.75) is 18.9 Å². The van der Waals surface area contributed by atoms with Crippen LogP contribution in [-0.4, -0.2) is 41.7 Å². The second kappa shape index (κ2) is 5.13. The van der Waals surface area contributed by atoms with Crippen LogP contribution in [0.3, 0.4) is 0 Å². The molecule has 0 bridgehead atoms. The summed E-state index contributed by atoms with van der Waals surface area (Å²) >= 11 is 0. The number of hydrogen-bond donors (Lipinski definition) is 3. The van der Waals surface area contributed by atoms with Gasteiger partial charge in [0.1, 0.15) is 0 Å². The molecule has 0 aliphatic carbocycles. The van der Waals surface area contributed by atoms with Crippen molar-refractivity contribution in [1.82, 2.24) is 10.5 Å². The summed E-state index contributed by atoms with van der Waals surface area (Å²) in [6.45, 7) is 2.09. The Morgan fingerprint density at radius 2 is 2.54 bits per heavy atom. The van der Waals surface area contributed by atoms with Gasteiger partial charge in [-0.1, -0.05) is 5.59 Å². The summed E-state index contributed by atoms with van der Waals surface area (Å²) in [5.74, 6) is 4.40. The Morgan fingerprint density at radius 1 is 1.77 bits per heavy atom. The highest BCUT2D eigenvalue weighted by atomic mass is 16.7. The molecule has 1 saturated heterocycles. The monoisotopic (exact) mass is 189 g/mol. The summed E-state index contributed by atoms with van der Waals surface area (Å²) in [5.41, 5.74) is 1.83. The first-order chi connectivity index (χ1) is 6.22. The van der Waals surface area contributed by atoms with Crippen LogP contribution in [0.25, 0.3) is 0 Å². The van der Waals surface area contributed by atoms with Crippen LogP contribution in [-0.2, 0) is 9.63 Å². The SMILES string of the molecule is NNOC(=O)CCN1CCC(O)C1. The lowest BCUT2D eigenvalue weighted by molar-refractivity contribution is -0.151. The van der Waals surface area contributed by atoms with Crippen molar-refractivity contribution in [1.29, 1.82) is 0 Å². The van der Waals surface area contributed by atoms with E-state index in [0.29, 0.717) is 13.1 Å². The van der Waals surface area contributed by atoms with E-state index in [1.807, 2.05) is 10.5 Å². The maximum absolute atomic E-state index is 10.8. The molecule has 1 unspecified atom stereocenters. The van der Waals surface area contributed by atoms with Gasteiger partial charge in [-0.15, -0.1) is 0 Å². The molecule has 0 aromatic heterocycles. The average Bonchev–Trinajstić information content (AvgIpc) is 2.49. The molecule has 6 nitrogen and oxygen atoms in total. The zero-order chi connectivity index (χ0) is 9.68. The first-order valence-corrected chi connectivity index (χ1v) is 4.28. The van der Waals surface area contributed by atoms with Crippen LogP contribution >= 0.6 is 0 Å². The third-order valence-electron chi connectivity index (χ3n) is 2.05. The zero-order valence-electron chi connectivity index (χ0n) is 7.40. The molecule has 0 spiro atoms. The van der Waals surface area contributed by atoms with Crippen molar-refractivity contribution in [2.75, 3.05) is 19.6 Å². The third-order valence-corrected chi connectivity index (χ3v) is 2.05. The topological polar surface area (TPSA) is 87.8 Å². The molecule has 1 heterocycles. The minimum atomic E-state index is -0.385. The maximum atomic E-state index is 10.8. The van der Waals surface area contributed by atoms with Gasteiger partial charge in [0.25, 0.3) is 0 Å². The van der Waals surface area contributed by atoms with Crippen LogP contribution < -0.4 is 11.4 Å². The Hall–Kier alpha value is -0.690. The second-order valence-corrected chi connectivity index (χ2v) is 3.09. The zero-order valence-corrected chi connectivity index (χ0v) is 7.40. The highest BCUT2D eigenvalue weighted by Crippen LogP contribution is 2.08. The predicted octanol–water partition coefficient (Wildman–Crippen LogP) is -1.64. The van der Waals surface area contributed by atoms with E-state index in [1.165, 1.54) is 0 Å². The van der Waals surface area contributed by atoms with E-state index >= 15 is 0 Å². The number of nitrogens with one attached hydrogen (secondary N) is 1. The van der Waals surface area contributed by atoms with Gasteiger partial charge in [0.2, 0.25) is 0 Å². The Kier molecular flexibility index (Phi) is 4.10. The largest absolute Gasteiger partial charge is 0.392 e. The predicted molar refractivity (Wildman–Crippen MR) is 45.1 cm³/mol. The number of nitrogens with two attached hydrogens (primary N) is 1. The lowest BCUT2D eigenvalue weighted by atomic mass is 10.3. The first kappa shape index (κ1) is 10.4. The fourth-order valence-electron chi connectivity index (χ4n) is 1.38. The normalized spacial score (nSPS) is 23.4. The van der Waals surface area contributed by atoms with E-state index in [0.717, 1.165) is 13.0 Å². The van der Waals surface area contributed by atoms with E-state index in [1.54, 1.807) is 0 Å². The van der Waals surface area contributed by atoms with Gasteiger partial charge >= 0.3 is 5.97 Å². The molecule has 1 rings (SSSR count). The number of β-amino-alcohol motifs (C(OH)–C–C–N with tert-alkyl or cyclic N) is 1. The maximum Gasteiger partial charge on any atom is 0.327 e. The number of hydrazine groups is 1. The molecule has 13 heavy (non-hydrogen) atoms. The highest BCUT2D eigenvalue weighted by molar-refractivity contribution is 5.69. The minimum absolute atomic E-state index is 0.247. The number of aliphatic hydroxyl groups is 1. The van der Waals surface area contributed by atoms with E-state index in [2.05, 4.69) is 4.84 Å². The standard InChI is InChI=1S/C7H15N3O3/c8-9-13-7(12)2-4-10-3-1-6(11)5-10/h6,9,11H,1-5,8H2. The molecule has 0 radical (unpaired) electrons. The van der Waals surface area contributed by atoms with Crippen molar-refractivity contribution in [2.24, 2.45) is 5.84 Å². The van der Waals surface area contributed by atoms with Crippen LogP contribution in [0.2, 0.25) is 0 Å². The van der Waals surface area contributed by atoms with Crippen LogP contribution in [0.1, 0.15) is 12.8 Å². The summed E-state index contributed by atoms with van der Waals surface area (Å²) in [5, 5.41) is 9.18. The Labute approximate surface area is 76.6 Å². The quantitative estimate of drug-likeness (QED) is 0.363. The summed E-state index contributed by atoms with van der Waals surface area (Å²) < 4.78 is 0. The summed E-state index contributed by atoms with van der Waals surface area (Å²) in [6.07, 6.45) is 0.824. The number of hydrogen-bond acceptors (Lipinski definition) is 6. The summed E-state index contributed by atoms with van der Waals surface area (Å²) in [4.78, 5) is 17.2. The molecule has 1 fully saturated rings. The molecule has 6 heteroatoms. The Bertz CT molecular complexity index is 176. The minimum Gasteiger partial charge on any atom is -0.392 e.